The molecule has 6 amide bonds. The smallest absolute Gasteiger partial charge is 0.348 e. The third kappa shape index (κ3) is 20.5. The molecule has 2 saturated heterocycles. The second-order valence-electron chi connectivity index (χ2n) is 21.6. The summed E-state index contributed by atoms with van der Waals surface area (Å²) in [5.74, 6) is -5.49. The van der Waals surface area contributed by atoms with Crippen LogP contribution in [0.3, 0.4) is 0 Å². The number of likely N-dealkylation sites (N-methyl/N-ethyl adjacent to an activating group) is 2. The van der Waals surface area contributed by atoms with E-state index in [1.54, 1.807) is 37.5 Å². The molecule has 24 heteroatoms. The van der Waals surface area contributed by atoms with Crippen molar-refractivity contribution in [3.8, 4) is 0 Å². The molecule has 22 nitrogen and oxygen atoms in total. The number of carboxylic acid groups (broad SMARTS) is 2. The Morgan fingerprint density at radius 3 is 1.11 bits per heavy atom. The second kappa shape index (κ2) is 34.0. The molecule has 454 valence electrons. The first-order valence-corrected chi connectivity index (χ1v) is 30.3. The van der Waals surface area contributed by atoms with Gasteiger partial charge in [-0.15, -0.1) is 0 Å². The Morgan fingerprint density at radius 1 is 0.524 bits per heavy atom. The Morgan fingerprint density at radius 2 is 0.829 bits per heavy atom. The molecule has 2 aromatic carbocycles. The van der Waals surface area contributed by atoms with Gasteiger partial charge in [0.1, 0.15) is 12.1 Å². The van der Waals surface area contributed by atoms with Crippen LogP contribution < -0.4 is 10.6 Å². The number of carbonyl (C=O) groups excluding carboxylic acids is 8. The summed E-state index contributed by atoms with van der Waals surface area (Å²) >= 11 is 2.49. The molecule has 2 unspecified atom stereocenters. The number of aliphatic carboxylic acids is 2. The highest BCUT2D eigenvalue weighted by atomic mass is 32.2. The number of ketones is 2. The number of thioether (sulfide) groups is 2. The molecule has 4 aliphatic rings. The van der Waals surface area contributed by atoms with Gasteiger partial charge in [-0.3, -0.25) is 28.8 Å². The molecule has 82 heavy (non-hydrogen) atoms. The summed E-state index contributed by atoms with van der Waals surface area (Å²) in [7, 11) is 4.10. The van der Waals surface area contributed by atoms with Gasteiger partial charge in [-0.1, -0.05) is 136 Å². The number of hydrogen-bond donors (Lipinski definition) is 6. The number of nitrogens with one attached hydrogen (secondary N) is 2. The van der Waals surface area contributed by atoms with Gasteiger partial charge in [0.15, 0.2) is 10.2 Å². The average Bonchev–Trinajstić information content (AvgIpc) is 4.27. The van der Waals surface area contributed by atoms with Gasteiger partial charge < -0.3 is 60.5 Å². The zero-order valence-corrected chi connectivity index (χ0v) is 50.1. The summed E-state index contributed by atoms with van der Waals surface area (Å²) in [4.78, 5) is 134. The van der Waals surface area contributed by atoms with Crippen LogP contribution in [0.5, 0.6) is 0 Å². The van der Waals surface area contributed by atoms with Crippen LogP contribution in [0.25, 0.3) is 0 Å². The fourth-order valence-corrected chi connectivity index (χ4v) is 11.4. The second-order valence-corrected chi connectivity index (χ2v) is 24.1. The lowest BCUT2D eigenvalue weighted by atomic mass is 9.73. The molecule has 2 aliphatic heterocycles. The minimum absolute atomic E-state index is 0.0182. The Labute approximate surface area is 490 Å². The van der Waals surface area contributed by atoms with Crippen molar-refractivity contribution in [3.05, 3.63) is 71.8 Å². The summed E-state index contributed by atoms with van der Waals surface area (Å²) < 4.78 is 0. The zero-order valence-electron chi connectivity index (χ0n) is 48.4. The fourth-order valence-electron chi connectivity index (χ4n) is 10.2. The van der Waals surface area contributed by atoms with Crippen molar-refractivity contribution in [1.29, 1.82) is 0 Å². The van der Waals surface area contributed by atoms with E-state index in [0.717, 1.165) is 63.3 Å². The SMILES string of the molecule is CC(=O)SCCN(CCC1CCCC1)C(=O)N[C@H](C)C(=O)N1CCN(C)CC1.CC(=O)SCCN(CCC1CCCC1)C(=O)N[C@H](C)C(=O)N1CCN(C)CC1.O=C(O)C(O)(C(=O)c1ccccc1)C(O)(C(=O)O)C(=O)c1ccccc1. The van der Waals surface area contributed by atoms with Gasteiger partial charge in [-0.25, -0.2) is 19.2 Å². The van der Waals surface area contributed by atoms with Gasteiger partial charge in [-0.2, -0.15) is 0 Å². The number of carbonyl (C=O) groups is 10. The third-order valence-electron chi connectivity index (χ3n) is 15.4. The van der Waals surface area contributed by atoms with Gasteiger partial charge in [-0.05, 0) is 52.6 Å². The van der Waals surface area contributed by atoms with Crippen LogP contribution in [0.4, 0.5) is 9.59 Å². The summed E-state index contributed by atoms with van der Waals surface area (Å²) in [6.45, 7) is 15.3. The first kappa shape index (κ1) is 68.6. The van der Waals surface area contributed by atoms with Crippen LogP contribution >= 0.6 is 23.5 Å². The third-order valence-corrected chi connectivity index (χ3v) is 17.0. The summed E-state index contributed by atoms with van der Waals surface area (Å²) in [5.41, 5.74) is -8.68. The number of carboxylic acids is 2. The van der Waals surface area contributed by atoms with Crippen molar-refractivity contribution >= 4 is 81.1 Å². The van der Waals surface area contributed by atoms with Crippen LogP contribution in [-0.2, 0) is 28.8 Å². The van der Waals surface area contributed by atoms with Crippen LogP contribution in [0.15, 0.2) is 60.7 Å². The van der Waals surface area contributed by atoms with E-state index in [4.69, 9.17) is 0 Å². The van der Waals surface area contributed by atoms with E-state index in [1.807, 2.05) is 23.9 Å². The van der Waals surface area contributed by atoms with Crippen molar-refractivity contribution < 1.29 is 68.4 Å². The monoisotopic (exact) mass is 1180 g/mol. The first-order chi connectivity index (χ1) is 38.9. The van der Waals surface area contributed by atoms with Crippen LogP contribution in [0.1, 0.15) is 113 Å². The Balaban J connectivity index is 0.000000265. The minimum atomic E-state index is -3.95. The number of urea groups is 2. The lowest BCUT2D eigenvalue weighted by molar-refractivity contribution is -0.187. The topological polar surface area (TPSA) is 295 Å². The predicted octanol–water partition coefficient (Wildman–Crippen LogP) is 4.42. The van der Waals surface area contributed by atoms with Crippen molar-refractivity contribution in [2.75, 3.05) is 104 Å². The molecule has 2 aliphatic carbocycles. The van der Waals surface area contributed by atoms with Crippen LogP contribution in [0, 0.1) is 11.8 Å². The molecular formula is C58H86N8O14S2. The number of aliphatic hydroxyl groups is 2. The van der Waals surface area contributed by atoms with E-state index < -0.39 is 57.9 Å². The standard InChI is InChI=1S/2C20H36N4O3S.C18H14O8/c2*1-16(19(26)23-12-10-22(3)11-13-23)21-20(27)24(14-15-28-17(2)25)9-8-18-6-4-5-7-18;19-13(11-7-3-1-4-8-11)17(25,15(21)22)18(26,16(23)24)14(20)12-9-5-2-6-10-12/h2*16,18H,4-15H2,1-3H3,(H,21,27);1-10,25-26H,(H,21,22)(H,23,24)/t2*16-;/m11./s1. The van der Waals surface area contributed by atoms with E-state index in [1.165, 1.54) is 111 Å². The molecule has 0 bridgehead atoms. The average molecular weight is 1180 g/mol. The molecule has 2 saturated carbocycles. The van der Waals surface area contributed by atoms with Gasteiger partial charge in [0, 0.05) is 115 Å². The molecule has 4 fully saturated rings. The van der Waals surface area contributed by atoms with E-state index in [0.29, 0.717) is 75.7 Å². The van der Waals surface area contributed by atoms with Gasteiger partial charge >= 0.3 is 24.0 Å². The Kier molecular flexibility index (Phi) is 28.4. The van der Waals surface area contributed by atoms with Crippen LogP contribution in [-0.4, -0.2) is 235 Å². The highest BCUT2D eigenvalue weighted by Gasteiger charge is 2.70. The molecule has 0 aromatic heterocycles. The maximum atomic E-state index is 12.8. The molecule has 4 atom stereocenters. The normalized spacial score (nSPS) is 18.1. The molecule has 0 radical (unpaired) electrons. The Bertz CT molecular complexity index is 2280. The molecule has 2 aromatic rings. The Hall–Kier alpha value is -5.92. The maximum Gasteiger partial charge on any atom is 0.348 e. The number of piperazine rings is 2. The van der Waals surface area contributed by atoms with E-state index >= 15 is 0 Å². The predicted molar refractivity (Wildman–Crippen MR) is 313 cm³/mol. The van der Waals surface area contributed by atoms with Gasteiger partial charge in [0.2, 0.25) is 23.4 Å². The van der Waals surface area contributed by atoms with Gasteiger partial charge in [0.25, 0.3) is 11.2 Å². The van der Waals surface area contributed by atoms with Crippen LogP contribution in [0.2, 0.25) is 0 Å². The molecule has 6 N–H and O–H groups in total. The van der Waals surface area contributed by atoms with E-state index in [2.05, 4.69) is 20.4 Å². The van der Waals surface area contributed by atoms with E-state index in [9.17, 15) is 68.4 Å². The van der Waals surface area contributed by atoms with Crippen molar-refractivity contribution in [2.24, 2.45) is 11.8 Å². The quantitative estimate of drug-likeness (QED) is 0.0663. The summed E-state index contributed by atoms with van der Waals surface area (Å²) in [6, 6.07) is 11.4. The summed E-state index contributed by atoms with van der Waals surface area (Å²) in [6.07, 6.45) is 12.1. The first-order valence-electron chi connectivity index (χ1n) is 28.3. The number of Topliss-reactive ketones (excluding diaryl/α,β-unsaturated/α-hetero) is 2. The maximum absolute atomic E-state index is 12.8. The number of amides is 6. The summed E-state index contributed by atoms with van der Waals surface area (Å²) in [5, 5.41) is 45.8. The number of benzene rings is 2. The van der Waals surface area contributed by atoms with Crippen molar-refractivity contribution in [3.63, 3.8) is 0 Å². The lowest BCUT2D eigenvalue weighted by Crippen LogP contribution is -2.71. The van der Waals surface area contributed by atoms with Gasteiger partial charge in [0.05, 0.1) is 0 Å². The van der Waals surface area contributed by atoms with Crippen molar-refractivity contribution in [2.45, 2.75) is 115 Å². The molecular weight excluding hydrogens is 1100 g/mol. The molecule has 6 rings (SSSR count). The lowest BCUT2D eigenvalue weighted by Gasteiger charge is -2.34. The van der Waals surface area contributed by atoms with E-state index in [-0.39, 0.29) is 34.1 Å². The number of hydrogen-bond acceptors (Lipinski definition) is 16. The highest BCUT2D eigenvalue weighted by molar-refractivity contribution is 8.13. The molecule has 0 spiro atoms. The minimum Gasteiger partial charge on any atom is -0.479 e. The zero-order chi connectivity index (χ0) is 60.6. The highest BCUT2D eigenvalue weighted by Crippen LogP contribution is 2.32. The molecule has 2 heterocycles. The van der Waals surface area contributed by atoms with Crippen molar-refractivity contribution in [1.82, 2.24) is 40.0 Å². The number of rotatable bonds is 23. The fraction of sp³-hybridized carbons (Fsp3) is 0.621. The number of nitrogens with zero attached hydrogens (tertiary/aromatic N) is 6. The largest absolute Gasteiger partial charge is 0.479 e.